The van der Waals surface area contributed by atoms with Crippen LogP contribution in [-0.4, -0.2) is 7.11 Å². The Hall–Kier alpha value is -1.17. The zero-order valence-electron chi connectivity index (χ0n) is 10.2. The highest BCUT2D eigenvalue weighted by Crippen LogP contribution is 2.39. The van der Waals surface area contributed by atoms with Crippen molar-refractivity contribution in [2.45, 2.75) is 0 Å². The Morgan fingerprint density at radius 2 is 1.75 bits per heavy atom. The molecule has 20 heavy (non-hydrogen) atoms. The van der Waals surface area contributed by atoms with E-state index < -0.39 is 5.82 Å². The SMILES string of the molecule is COc1cc(Oc2cc(Cl)c(Br)cc2Cl)c(F)cc1N. The number of ether oxygens (including phenoxy) is 2. The van der Waals surface area contributed by atoms with Crippen LogP contribution in [0.2, 0.25) is 10.0 Å². The lowest BCUT2D eigenvalue weighted by Crippen LogP contribution is -1.96. The van der Waals surface area contributed by atoms with Crippen molar-refractivity contribution >= 4 is 44.8 Å². The molecule has 0 unspecified atom stereocenters. The van der Waals surface area contributed by atoms with Crippen molar-refractivity contribution in [2.24, 2.45) is 0 Å². The number of hydrogen-bond donors (Lipinski definition) is 1. The van der Waals surface area contributed by atoms with E-state index in [4.69, 9.17) is 38.4 Å². The van der Waals surface area contributed by atoms with E-state index in [0.29, 0.717) is 15.2 Å². The lowest BCUT2D eigenvalue weighted by molar-refractivity contribution is 0.403. The molecule has 0 spiro atoms. The second kappa shape index (κ2) is 6.08. The van der Waals surface area contributed by atoms with Gasteiger partial charge in [-0.25, -0.2) is 4.39 Å². The molecular weight excluding hydrogens is 372 g/mol. The number of nitrogen functional groups attached to an aromatic ring is 1. The fraction of sp³-hybridized carbons (Fsp3) is 0.0769. The molecule has 0 aliphatic heterocycles. The standard InChI is InChI=1S/C13H9BrCl2FNO2/c1-19-13-5-12(9(17)4-10(13)18)20-11-3-7(15)6(14)2-8(11)16/h2-5H,18H2,1H3. The van der Waals surface area contributed by atoms with Crippen molar-refractivity contribution in [1.82, 2.24) is 0 Å². The second-order valence-electron chi connectivity index (χ2n) is 3.82. The predicted molar refractivity (Wildman–Crippen MR) is 81.6 cm³/mol. The molecule has 0 aliphatic rings. The molecule has 2 N–H and O–H groups in total. The Morgan fingerprint density at radius 3 is 2.40 bits per heavy atom. The number of hydrogen-bond acceptors (Lipinski definition) is 3. The van der Waals surface area contributed by atoms with Gasteiger partial charge in [0.1, 0.15) is 11.5 Å². The van der Waals surface area contributed by atoms with Crippen LogP contribution < -0.4 is 15.2 Å². The largest absolute Gasteiger partial charge is 0.494 e. The monoisotopic (exact) mass is 379 g/mol. The van der Waals surface area contributed by atoms with Gasteiger partial charge in [-0.2, -0.15) is 0 Å². The third-order valence-corrected chi connectivity index (χ3v) is 3.97. The lowest BCUT2D eigenvalue weighted by Gasteiger charge is -2.12. The summed E-state index contributed by atoms with van der Waals surface area (Å²) in [6.45, 7) is 0. The molecule has 0 fully saturated rings. The summed E-state index contributed by atoms with van der Waals surface area (Å²) >= 11 is 15.2. The summed E-state index contributed by atoms with van der Waals surface area (Å²) in [5, 5.41) is 0.684. The molecule has 2 aromatic rings. The maximum absolute atomic E-state index is 13.8. The minimum atomic E-state index is -0.626. The maximum Gasteiger partial charge on any atom is 0.168 e. The molecular formula is C13H9BrCl2FNO2. The van der Waals surface area contributed by atoms with Crippen LogP contribution in [0.4, 0.5) is 10.1 Å². The van der Waals surface area contributed by atoms with Crippen molar-refractivity contribution in [3.05, 3.63) is 44.6 Å². The first-order valence-electron chi connectivity index (χ1n) is 5.37. The summed E-state index contributed by atoms with van der Waals surface area (Å²) < 4.78 is 24.9. The van der Waals surface area contributed by atoms with E-state index in [1.54, 1.807) is 6.07 Å². The molecule has 106 valence electrons. The third-order valence-electron chi connectivity index (χ3n) is 2.48. The van der Waals surface area contributed by atoms with Crippen LogP contribution in [0.1, 0.15) is 0 Å². The Labute approximate surface area is 133 Å². The number of benzene rings is 2. The van der Waals surface area contributed by atoms with E-state index in [1.807, 2.05) is 0 Å². The fourth-order valence-electron chi connectivity index (χ4n) is 1.51. The summed E-state index contributed by atoms with van der Waals surface area (Å²) in [7, 11) is 1.43. The van der Waals surface area contributed by atoms with Crippen molar-refractivity contribution in [3.8, 4) is 17.2 Å². The predicted octanol–water partition coefficient (Wildman–Crippen LogP) is 5.28. The first-order chi connectivity index (χ1) is 9.42. The molecule has 0 aliphatic carbocycles. The van der Waals surface area contributed by atoms with Gasteiger partial charge in [-0.15, -0.1) is 0 Å². The van der Waals surface area contributed by atoms with Gasteiger partial charge in [0.2, 0.25) is 0 Å². The van der Waals surface area contributed by atoms with Crippen molar-refractivity contribution in [2.75, 3.05) is 12.8 Å². The van der Waals surface area contributed by atoms with Gasteiger partial charge in [-0.3, -0.25) is 0 Å². The number of nitrogens with two attached hydrogens (primary N) is 1. The summed E-state index contributed by atoms with van der Waals surface area (Å²) in [5.41, 5.74) is 5.77. The van der Waals surface area contributed by atoms with Gasteiger partial charge in [-0.1, -0.05) is 23.2 Å². The average molecular weight is 381 g/mol. The van der Waals surface area contributed by atoms with E-state index in [1.165, 1.54) is 19.2 Å². The number of methoxy groups -OCH3 is 1. The van der Waals surface area contributed by atoms with Crippen LogP contribution in [0, 0.1) is 5.82 Å². The second-order valence-corrected chi connectivity index (χ2v) is 5.49. The molecule has 0 aromatic heterocycles. The zero-order chi connectivity index (χ0) is 14.9. The molecule has 3 nitrogen and oxygen atoms in total. The van der Waals surface area contributed by atoms with Crippen LogP contribution in [0.25, 0.3) is 0 Å². The fourth-order valence-corrected chi connectivity index (χ4v) is 2.34. The summed E-state index contributed by atoms with van der Waals surface area (Å²) in [6.07, 6.45) is 0. The van der Waals surface area contributed by atoms with E-state index in [9.17, 15) is 4.39 Å². The molecule has 0 radical (unpaired) electrons. The molecule has 0 heterocycles. The lowest BCUT2D eigenvalue weighted by atomic mass is 10.2. The van der Waals surface area contributed by atoms with Gasteiger partial charge < -0.3 is 15.2 Å². The Balaban J connectivity index is 2.42. The molecule has 0 atom stereocenters. The summed E-state index contributed by atoms with van der Waals surface area (Å²) in [5.74, 6) is -0.152. The van der Waals surface area contributed by atoms with Crippen LogP contribution in [-0.2, 0) is 0 Å². The van der Waals surface area contributed by atoms with Gasteiger partial charge in [0, 0.05) is 22.7 Å². The van der Waals surface area contributed by atoms with Gasteiger partial charge >= 0.3 is 0 Å². The van der Waals surface area contributed by atoms with Crippen molar-refractivity contribution in [3.63, 3.8) is 0 Å². The minimum Gasteiger partial charge on any atom is -0.494 e. The number of anilines is 1. The molecule has 7 heteroatoms. The normalized spacial score (nSPS) is 10.4. The van der Waals surface area contributed by atoms with E-state index in [0.717, 1.165) is 6.07 Å². The summed E-state index contributed by atoms with van der Waals surface area (Å²) in [4.78, 5) is 0. The molecule has 0 saturated heterocycles. The zero-order valence-corrected chi connectivity index (χ0v) is 13.3. The van der Waals surface area contributed by atoms with Gasteiger partial charge in [0.05, 0.1) is 22.8 Å². The molecule has 2 rings (SSSR count). The maximum atomic E-state index is 13.8. The van der Waals surface area contributed by atoms with E-state index in [-0.39, 0.29) is 22.2 Å². The van der Waals surface area contributed by atoms with Gasteiger partial charge in [0.15, 0.2) is 11.6 Å². The van der Waals surface area contributed by atoms with Gasteiger partial charge in [-0.05, 0) is 22.0 Å². The highest BCUT2D eigenvalue weighted by molar-refractivity contribution is 9.10. The molecule has 0 bridgehead atoms. The third kappa shape index (κ3) is 3.11. The van der Waals surface area contributed by atoms with Crippen LogP contribution in [0.5, 0.6) is 17.2 Å². The van der Waals surface area contributed by atoms with Crippen molar-refractivity contribution in [1.29, 1.82) is 0 Å². The first-order valence-corrected chi connectivity index (χ1v) is 6.92. The Morgan fingerprint density at radius 1 is 1.05 bits per heavy atom. The van der Waals surface area contributed by atoms with E-state index in [2.05, 4.69) is 15.9 Å². The highest BCUT2D eigenvalue weighted by Gasteiger charge is 2.13. The number of halogens is 4. The molecule has 0 saturated carbocycles. The molecule has 0 amide bonds. The van der Waals surface area contributed by atoms with Crippen LogP contribution in [0.15, 0.2) is 28.7 Å². The molecule has 2 aromatic carbocycles. The van der Waals surface area contributed by atoms with Crippen LogP contribution >= 0.6 is 39.1 Å². The Kier molecular flexibility index (Phi) is 4.62. The highest BCUT2D eigenvalue weighted by atomic mass is 79.9. The van der Waals surface area contributed by atoms with Crippen molar-refractivity contribution < 1.29 is 13.9 Å². The minimum absolute atomic E-state index is 0.0589. The van der Waals surface area contributed by atoms with Crippen LogP contribution in [0.3, 0.4) is 0 Å². The summed E-state index contributed by atoms with van der Waals surface area (Å²) in [6, 6.07) is 5.50. The number of rotatable bonds is 3. The first kappa shape index (κ1) is 15.2. The van der Waals surface area contributed by atoms with E-state index >= 15 is 0 Å². The smallest absolute Gasteiger partial charge is 0.168 e. The average Bonchev–Trinajstić information content (AvgIpc) is 2.38. The quantitative estimate of drug-likeness (QED) is 0.582. The van der Waals surface area contributed by atoms with Gasteiger partial charge in [0.25, 0.3) is 0 Å². The topological polar surface area (TPSA) is 44.5 Å². The Bertz CT molecular complexity index is 667.